The van der Waals surface area contributed by atoms with E-state index in [1.165, 1.54) is 7.11 Å². The standard InChI is InChI=1S/C22H27Cl3O5/c1-22(2,14-4-6-20(18(24)8-14)29-12-16(26)10-23)15-5-7-21(19(25)9-15)30-13-17(27)11-28-3/h4-9,16-17,26-27H,10-13H2,1-3H3/t16-,17-/m1/s1. The fourth-order valence-corrected chi connectivity index (χ4v) is 3.40. The van der Waals surface area contributed by atoms with Gasteiger partial charge < -0.3 is 24.4 Å². The van der Waals surface area contributed by atoms with Crippen LogP contribution in [0.15, 0.2) is 36.4 Å². The highest BCUT2D eigenvalue weighted by molar-refractivity contribution is 6.32. The van der Waals surface area contributed by atoms with Gasteiger partial charge in [-0.25, -0.2) is 0 Å². The molecule has 0 bridgehead atoms. The second-order valence-corrected chi connectivity index (χ2v) is 8.58. The molecule has 0 amide bonds. The minimum Gasteiger partial charge on any atom is -0.489 e. The summed E-state index contributed by atoms with van der Waals surface area (Å²) in [5.74, 6) is 1.07. The highest BCUT2D eigenvalue weighted by Gasteiger charge is 2.25. The van der Waals surface area contributed by atoms with Crippen molar-refractivity contribution in [3.05, 3.63) is 57.6 Å². The maximum absolute atomic E-state index is 9.73. The summed E-state index contributed by atoms with van der Waals surface area (Å²) < 4.78 is 16.0. The molecular weight excluding hydrogens is 451 g/mol. The molecule has 0 saturated heterocycles. The molecule has 0 spiro atoms. The van der Waals surface area contributed by atoms with Gasteiger partial charge in [-0.15, -0.1) is 11.6 Å². The predicted octanol–water partition coefficient (Wildman–Crippen LogP) is 4.68. The van der Waals surface area contributed by atoms with Gasteiger partial charge in [-0.1, -0.05) is 49.2 Å². The van der Waals surface area contributed by atoms with E-state index in [-0.39, 0.29) is 25.7 Å². The Labute approximate surface area is 192 Å². The lowest BCUT2D eigenvalue weighted by atomic mass is 9.78. The van der Waals surface area contributed by atoms with Gasteiger partial charge in [0.1, 0.15) is 36.9 Å². The Morgan fingerprint density at radius 2 is 1.30 bits per heavy atom. The molecule has 0 heterocycles. The zero-order valence-electron chi connectivity index (χ0n) is 17.2. The molecule has 5 nitrogen and oxygen atoms in total. The van der Waals surface area contributed by atoms with Crippen LogP contribution in [-0.4, -0.2) is 55.2 Å². The van der Waals surface area contributed by atoms with Crippen LogP contribution < -0.4 is 9.47 Å². The first-order valence-corrected chi connectivity index (χ1v) is 10.7. The Morgan fingerprint density at radius 1 is 0.833 bits per heavy atom. The zero-order valence-corrected chi connectivity index (χ0v) is 19.5. The van der Waals surface area contributed by atoms with Crippen LogP contribution in [0, 0.1) is 0 Å². The second kappa shape index (κ2) is 11.4. The van der Waals surface area contributed by atoms with Gasteiger partial charge in [0.25, 0.3) is 0 Å². The monoisotopic (exact) mass is 476 g/mol. The van der Waals surface area contributed by atoms with Gasteiger partial charge in [0, 0.05) is 12.5 Å². The van der Waals surface area contributed by atoms with Gasteiger partial charge in [-0.3, -0.25) is 0 Å². The van der Waals surface area contributed by atoms with Gasteiger partial charge in [-0.2, -0.15) is 0 Å². The predicted molar refractivity (Wildman–Crippen MR) is 121 cm³/mol. The minimum absolute atomic E-state index is 0.0715. The number of alkyl halides is 1. The van der Waals surface area contributed by atoms with E-state index in [9.17, 15) is 10.2 Å². The smallest absolute Gasteiger partial charge is 0.138 e. The first-order chi connectivity index (χ1) is 14.2. The quantitative estimate of drug-likeness (QED) is 0.460. The first-order valence-electron chi connectivity index (χ1n) is 9.45. The van der Waals surface area contributed by atoms with Crippen molar-refractivity contribution in [1.82, 2.24) is 0 Å². The molecule has 0 unspecified atom stereocenters. The van der Waals surface area contributed by atoms with E-state index in [4.69, 9.17) is 49.0 Å². The molecule has 0 radical (unpaired) electrons. The highest BCUT2D eigenvalue weighted by atomic mass is 35.5. The van der Waals surface area contributed by atoms with E-state index in [2.05, 4.69) is 13.8 Å². The van der Waals surface area contributed by atoms with Gasteiger partial charge >= 0.3 is 0 Å². The van der Waals surface area contributed by atoms with Crippen LogP contribution in [-0.2, 0) is 10.2 Å². The summed E-state index contributed by atoms with van der Waals surface area (Å²) in [7, 11) is 1.52. The zero-order chi connectivity index (χ0) is 22.3. The molecule has 0 aliphatic heterocycles. The summed E-state index contributed by atoms with van der Waals surface area (Å²) in [5, 5.41) is 20.2. The minimum atomic E-state index is -0.752. The van der Waals surface area contributed by atoms with E-state index in [0.717, 1.165) is 11.1 Å². The maximum Gasteiger partial charge on any atom is 0.138 e. The molecule has 0 aliphatic carbocycles. The first kappa shape index (κ1) is 25.1. The van der Waals surface area contributed by atoms with Crippen LogP contribution >= 0.6 is 34.8 Å². The van der Waals surface area contributed by atoms with E-state index in [0.29, 0.717) is 21.5 Å². The number of rotatable bonds is 11. The van der Waals surface area contributed by atoms with E-state index in [1.807, 2.05) is 24.3 Å². The molecule has 0 aliphatic rings. The Hall–Kier alpha value is -1.21. The largest absolute Gasteiger partial charge is 0.489 e. The molecule has 2 rings (SSSR count). The molecule has 2 N–H and O–H groups in total. The van der Waals surface area contributed by atoms with Crippen LogP contribution in [0.1, 0.15) is 25.0 Å². The molecule has 8 heteroatoms. The van der Waals surface area contributed by atoms with E-state index < -0.39 is 17.6 Å². The number of methoxy groups -OCH3 is 1. The average molecular weight is 478 g/mol. The van der Waals surface area contributed by atoms with Crippen molar-refractivity contribution < 1.29 is 24.4 Å². The maximum atomic E-state index is 9.73. The Bertz CT molecular complexity index is 828. The van der Waals surface area contributed by atoms with Gasteiger partial charge in [0.05, 0.1) is 22.5 Å². The van der Waals surface area contributed by atoms with E-state index >= 15 is 0 Å². The van der Waals surface area contributed by atoms with E-state index in [1.54, 1.807) is 12.1 Å². The fraction of sp³-hybridized carbons (Fsp3) is 0.455. The molecule has 0 saturated carbocycles. The topological polar surface area (TPSA) is 68.2 Å². The summed E-state index contributed by atoms with van der Waals surface area (Å²) >= 11 is 18.4. The molecule has 2 atom stereocenters. The molecule has 2 aromatic rings. The number of benzene rings is 2. The van der Waals surface area contributed by atoms with Gasteiger partial charge in [0.2, 0.25) is 0 Å². The number of halogens is 3. The Balaban J connectivity index is 2.16. The lowest BCUT2D eigenvalue weighted by Gasteiger charge is -2.27. The van der Waals surface area contributed by atoms with Crippen molar-refractivity contribution in [2.75, 3.05) is 32.8 Å². The fourth-order valence-electron chi connectivity index (χ4n) is 2.84. The van der Waals surface area contributed by atoms with Gasteiger partial charge in [0.15, 0.2) is 0 Å². The molecule has 0 aromatic heterocycles. The Morgan fingerprint density at radius 3 is 1.70 bits per heavy atom. The van der Waals surface area contributed by atoms with Crippen LogP contribution in [0.25, 0.3) is 0 Å². The SMILES string of the molecule is COC[C@@H](O)COc1ccc(C(C)(C)c2ccc(OC[C@H](O)CCl)c(Cl)c2)cc1Cl. The summed E-state index contributed by atoms with van der Waals surface area (Å²) in [5.41, 5.74) is 1.55. The average Bonchev–Trinajstić information content (AvgIpc) is 2.71. The van der Waals surface area contributed by atoms with Crippen LogP contribution in [0.2, 0.25) is 10.0 Å². The number of aliphatic hydroxyl groups excluding tert-OH is 2. The van der Waals surface area contributed by atoms with Crippen LogP contribution in [0.3, 0.4) is 0 Å². The number of hydrogen-bond acceptors (Lipinski definition) is 5. The molecule has 166 valence electrons. The van der Waals surface area contributed by atoms with Crippen molar-refractivity contribution in [1.29, 1.82) is 0 Å². The molecule has 0 fully saturated rings. The summed E-state index contributed by atoms with van der Waals surface area (Å²) in [6.45, 7) is 4.47. The third-order valence-electron chi connectivity index (χ3n) is 4.71. The third kappa shape index (κ3) is 6.64. The Kier molecular flexibility index (Phi) is 9.54. The summed E-state index contributed by atoms with van der Waals surface area (Å²) in [4.78, 5) is 0. The third-order valence-corrected chi connectivity index (χ3v) is 5.65. The number of ether oxygens (including phenoxy) is 3. The lowest BCUT2D eigenvalue weighted by molar-refractivity contribution is 0.0326. The number of hydrogen-bond donors (Lipinski definition) is 2. The molecule has 2 aromatic carbocycles. The van der Waals surface area contributed by atoms with Crippen molar-refractivity contribution in [3.8, 4) is 11.5 Å². The summed E-state index contributed by atoms with van der Waals surface area (Å²) in [6, 6.07) is 11.1. The van der Waals surface area contributed by atoms with Crippen molar-refractivity contribution in [2.24, 2.45) is 0 Å². The van der Waals surface area contributed by atoms with Gasteiger partial charge in [-0.05, 0) is 35.4 Å². The molecule has 30 heavy (non-hydrogen) atoms. The highest BCUT2D eigenvalue weighted by Crippen LogP contribution is 2.38. The van der Waals surface area contributed by atoms with Crippen LogP contribution in [0.4, 0.5) is 0 Å². The van der Waals surface area contributed by atoms with Crippen molar-refractivity contribution >= 4 is 34.8 Å². The van der Waals surface area contributed by atoms with Crippen molar-refractivity contribution in [3.63, 3.8) is 0 Å². The number of aliphatic hydroxyl groups is 2. The second-order valence-electron chi connectivity index (χ2n) is 7.45. The lowest BCUT2D eigenvalue weighted by Crippen LogP contribution is -2.23. The van der Waals surface area contributed by atoms with Crippen molar-refractivity contribution in [2.45, 2.75) is 31.5 Å². The summed E-state index contributed by atoms with van der Waals surface area (Å²) in [6.07, 6.45) is -1.48. The molecular formula is C22H27Cl3O5. The normalized spacial score (nSPS) is 13.7. The van der Waals surface area contributed by atoms with Crippen LogP contribution in [0.5, 0.6) is 11.5 Å².